The maximum absolute atomic E-state index is 12.0. The van der Waals surface area contributed by atoms with E-state index >= 15 is 0 Å². The van der Waals surface area contributed by atoms with Gasteiger partial charge in [-0.3, -0.25) is 14.4 Å². The molecular weight excluding hydrogens is 352 g/mol. The van der Waals surface area contributed by atoms with E-state index in [0.29, 0.717) is 24.4 Å². The summed E-state index contributed by atoms with van der Waals surface area (Å²) in [4.78, 5) is 38.7. The molecule has 3 rings (SSSR count). The Kier molecular flexibility index (Phi) is 5.62. The summed E-state index contributed by atoms with van der Waals surface area (Å²) in [7, 11) is 0. The number of carbonyl (C=O) groups is 3. The van der Waals surface area contributed by atoms with E-state index in [1.165, 1.54) is 18.3 Å². The van der Waals surface area contributed by atoms with E-state index in [0.717, 1.165) is 23.4 Å². The molecule has 1 unspecified atom stereocenters. The minimum atomic E-state index is -0.117. The molecule has 2 aromatic rings. The fourth-order valence-electron chi connectivity index (χ4n) is 2.77. The zero-order valence-corrected chi connectivity index (χ0v) is 15.2. The number of amides is 3. The predicted octanol–water partition coefficient (Wildman–Crippen LogP) is 2.77. The van der Waals surface area contributed by atoms with Gasteiger partial charge in [-0.1, -0.05) is 12.1 Å². The summed E-state index contributed by atoms with van der Waals surface area (Å²) in [5.74, 6) is -0.161. The lowest BCUT2D eigenvalue weighted by Gasteiger charge is -2.08. The first-order valence-corrected chi connectivity index (χ1v) is 9.30. The van der Waals surface area contributed by atoms with Crippen LogP contribution in [-0.4, -0.2) is 28.7 Å². The first kappa shape index (κ1) is 18.1. The Bertz CT molecular complexity index is 816. The Morgan fingerprint density at radius 1 is 1.27 bits per heavy atom. The summed E-state index contributed by atoms with van der Waals surface area (Å²) in [5, 5.41) is 10.8. The number of rotatable bonds is 6. The molecule has 1 saturated heterocycles. The number of nitrogens with zero attached hydrogens (tertiary/aromatic N) is 1. The van der Waals surface area contributed by atoms with Gasteiger partial charge in [0, 0.05) is 42.4 Å². The highest BCUT2D eigenvalue weighted by Crippen LogP contribution is 2.26. The number of benzene rings is 1. The van der Waals surface area contributed by atoms with E-state index in [2.05, 4.69) is 20.9 Å². The van der Waals surface area contributed by atoms with Gasteiger partial charge >= 0.3 is 0 Å². The van der Waals surface area contributed by atoms with E-state index in [9.17, 15) is 14.4 Å². The summed E-state index contributed by atoms with van der Waals surface area (Å²) in [6, 6.07) is 7.46. The van der Waals surface area contributed by atoms with Gasteiger partial charge < -0.3 is 16.0 Å². The monoisotopic (exact) mass is 372 g/mol. The van der Waals surface area contributed by atoms with E-state index < -0.39 is 0 Å². The molecule has 0 bridgehead atoms. The molecule has 7 nitrogen and oxygen atoms in total. The Hall–Kier alpha value is -2.74. The molecule has 26 heavy (non-hydrogen) atoms. The Morgan fingerprint density at radius 3 is 2.69 bits per heavy atom. The molecule has 2 heterocycles. The van der Waals surface area contributed by atoms with Gasteiger partial charge in [-0.05, 0) is 25.0 Å². The van der Waals surface area contributed by atoms with Crippen LogP contribution in [0.4, 0.5) is 10.8 Å². The zero-order chi connectivity index (χ0) is 18.5. The molecule has 0 saturated carbocycles. The third-order valence-electron chi connectivity index (χ3n) is 4.06. The molecule has 1 aliphatic rings. The van der Waals surface area contributed by atoms with Crippen LogP contribution in [0.3, 0.4) is 0 Å². The topological polar surface area (TPSA) is 100 Å². The Morgan fingerprint density at radius 2 is 2.04 bits per heavy atom. The molecule has 8 heteroatoms. The SMILES string of the molecule is CC(=O)Nc1ccc(-c2csc(NC(=O)CCC3CCC(=O)N3)n2)cc1. The van der Waals surface area contributed by atoms with Crippen molar-refractivity contribution in [1.29, 1.82) is 0 Å². The van der Waals surface area contributed by atoms with Gasteiger partial charge in [-0.15, -0.1) is 11.3 Å². The average Bonchev–Trinajstić information content (AvgIpc) is 3.22. The second-order valence-corrected chi connectivity index (χ2v) is 7.04. The Balaban J connectivity index is 1.53. The van der Waals surface area contributed by atoms with E-state index in [-0.39, 0.29) is 23.8 Å². The molecule has 1 fully saturated rings. The molecule has 0 aliphatic carbocycles. The van der Waals surface area contributed by atoms with Crippen molar-refractivity contribution in [3.05, 3.63) is 29.6 Å². The van der Waals surface area contributed by atoms with Crippen LogP contribution in [0.1, 0.15) is 32.6 Å². The van der Waals surface area contributed by atoms with Crippen molar-refractivity contribution in [2.75, 3.05) is 10.6 Å². The first-order chi connectivity index (χ1) is 12.5. The van der Waals surface area contributed by atoms with Gasteiger partial charge in [0.1, 0.15) is 0 Å². The van der Waals surface area contributed by atoms with Gasteiger partial charge in [0.2, 0.25) is 17.7 Å². The van der Waals surface area contributed by atoms with Crippen molar-refractivity contribution in [3.8, 4) is 11.3 Å². The quantitative estimate of drug-likeness (QED) is 0.726. The van der Waals surface area contributed by atoms with Crippen LogP contribution in [0.2, 0.25) is 0 Å². The largest absolute Gasteiger partial charge is 0.353 e. The lowest BCUT2D eigenvalue weighted by molar-refractivity contribution is -0.120. The molecule has 1 aromatic heterocycles. The summed E-state index contributed by atoms with van der Waals surface area (Å²) in [6.07, 6.45) is 2.33. The number of hydrogen-bond acceptors (Lipinski definition) is 5. The van der Waals surface area contributed by atoms with Crippen LogP contribution < -0.4 is 16.0 Å². The maximum Gasteiger partial charge on any atom is 0.226 e. The van der Waals surface area contributed by atoms with Crippen molar-refractivity contribution < 1.29 is 14.4 Å². The summed E-state index contributed by atoms with van der Waals surface area (Å²) < 4.78 is 0. The number of hydrogen-bond donors (Lipinski definition) is 3. The van der Waals surface area contributed by atoms with Crippen LogP contribution >= 0.6 is 11.3 Å². The van der Waals surface area contributed by atoms with Crippen molar-refractivity contribution in [2.45, 2.75) is 38.6 Å². The minimum Gasteiger partial charge on any atom is -0.353 e. The highest BCUT2D eigenvalue weighted by molar-refractivity contribution is 7.14. The number of aromatic nitrogens is 1. The van der Waals surface area contributed by atoms with Crippen molar-refractivity contribution in [3.63, 3.8) is 0 Å². The minimum absolute atomic E-state index is 0.0597. The van der Waals surface area contributed by atoms with E-state index in [1.807, 2.05) is 29.6 Å². The highest BCUT2D eigenvalue weighted by Gasteiger charge is 2.21. The first-order valence-electron chi connectivity index (χ1n) is 8.42. The van der Waals surface area contributed by atoms with E-state index in [1.54, 1.807) is 0 Å². The lowest BCUT2D eigenvalue weighted by atomic mass is 10.1. The van der Waals surface area contributed by atoms with Gasteiger partial charge in [-0.25, -0.2) is 4.98 Å². The van der Waals surface area contributed by atoms with Crippen LogP contribution in [0, 0.1) is 0 Å². The number of carbonyl (C=O) groups excluding carboxylic acids is 3. The molecule has 136 valence electrons. The summed E-state index contributed by atoms with van der Waals surface area (Å²) in [5.41, 5.74) is 2.40. The molecule has 3 amide bonds. The van der Waals surface area contributed by atoms with Crippen molar-refractivity contribution in [1.82, 2.24) is 10.3 Å². The predicted molar refractivity (Wildman–Crippen MR) is 101 cm³/mol. The maximum atomic E-state index is 12.0. The summed E-state index contributed by atoms with van der Waals surface area (Å²) >= 11 is 1.36. The van der Waals surface area contributed by atoms with Crippen LogP contribution in [0.5, 0.6) is 0 Å². The van der Waals surface area contributed by atoms with Gasteiger partial charge in [0.05, 0.1) is 5.69 Å². The third-order valence-corrected chi connectivity index (χ3v) is 4.81. The van der Waals surface area contributed by atoms with Crippen molar-refractivity contribution >= 4 is 39.9 Å². The lowest BCUT2D eigenvalue weighted by Crippen LogP contribution is -2.26. The normalized spacial score (nSPS) is 16.2. The molecule has 1 aliphatic heterocycles. The molecule has 1 aromatic carbocycles. The second kappa shape index (κ2) is 8.09. The van der Waals surface area contributed by atoms with Gasteiger partial charge in [0.15, 0.2) is 5.13 Å². The molecule has 3 N–H and O–H groups in total. The number of nitrogens with one attached hydrogen (secondary N) is 3. The van der Waals surface area contributed by atoms with Crippen LogP contribution in [-0.2, 0) is 14.4 Å². The summed E-state index contributed by atoms with van der Waals surface area (Å²) in [6.45, 7) is 1.46. The van der Waals surface area contributed by atoms with Crippen LogP contribution in [0.25, 0.3) is 11.3 Å². The standard InChI is InChI=1S/C18H20N4O3S/c1-11(23)19-13-4-2-12(3-5-13)15-10-26-18(21-15)22-17(25)9-7-14-6-8-16(24)20-14/h2-5,10,14H,6-9H2,1H3,(H,19,23)(H,20,24)(H,21,22,25). The smallest absolute Gasteiger partial charge is 0.226 e. The number of thiazole rings is 1. The highest BCUT2D eigenvalue weighted by atomic mass is 32.1. The fourth-order valence-corrected chi connectivity index (χ4v) is 3.51. The fraction of sp³-hybridized carbons (Fsp3) is 0.333. The average molecular weight is 372 g/mol. The van der Waals surface area contributed by atoms with Gasteiger partial charge in [0.25, 0.3) is 0 Å². The third kappa shape index (κ3) is 4.89. The zero-order valence-electron chi connectivity index (χ0n) is 14.4. The Labute approximate surface area is 155 Å². The van der Waals surface area contributed by atoms with E-state index in [4.69, 9.17) is 0 Å². The molecule has 0 spiro atoms. The number of anilines is 2. The molecule has 0 radical (unpaired) electrons. The van der Waals surface area contributed by atoms with Crippen molar-refractivity contribution in [2.24, 2.45) is 0 Å². The van der Waals surface area contributed by atoms with Crippen LogP contribution in [0.15, 0.2) is 29.6 Å². The molecule has 1 atom stereocenters. The van der Waals surface area contributed by atoms with Gasteiger partial charge in [-0.2, -0.15) is 0 Å². The second-order valence-electron chi connectivity index (χ2n) is 6.19. The molecular formula is C18H20N4O3S.